The van der Waals surface area contributed by atoms with Crippen LogP contribution in [0.1, 0.15) is 40.9 Å². The molecular weight excluding hydrogens is 369 g/mol. The van der Waals surface area contributed by atoms with E-state index in [9.17, 15) is 14.5 Å². The number of thiophene rings is 1. The fourth-order valence-electron chi connectivity index (χ4n) is 2.06. The van der Waals surface area contributed by atoms with Crippen molar-refractivity contribution in [3.05, 3.63) is 45.6 Å². The molecule has 0 bridgehead atoms. The largest absolute Gasteiger partial charge is 0.477 e. The molecule has 1 unspecified atom stereocenters. The molecule has 0 aliphatic rings. The Morgan fingerprint density at radius 3 is 2.38 bits per heavy atom. The molecule has 1 heterocycles. The number of carboxylic acid groups (broad SMARTS) is 1. The molecule has 2 aromatic rings. The molecule has 0 saturated carbocycles. The van der Waals surface area contributed by atoms with Gasteiger partial charge in [0.1, 0.15) is 4.88 Å². The summed E-state index contributed by atoms with van der Waals surface area (Å²) in [7, 11) is -2.12. The summed E-state index contributed by atoms with van der Waals surface area (Å²) in [5.74, 6) is 4.95. The van der Waals surface area contributed by atoms with Crippen LogP contribution < -0.4 is 10.4 Å². The van der Waals surface area contributed by atoms with E-state index in [4.69, 9.17) is 4.52 Å². The number of hydrogen-bond donors (Lipinski definition) is 2. The van der Waals surface area contributed by atoms with E-state index in [1.165, 1.54) is 7.11 Å². The van der Waals surface area contributed by atoms with Gasteiger partial charge in [-0.3, -0.25) is 4.57 Å². The molecule has 5 nitrogen and oxygen atoms in total. The summed E-state index contributed by atoms with van der Waals surface area (Å²) >= 11 is 1.04. The quantitative estimate of drug-likeness (QED) is 0.569. The molecule has 7 heteroatoms. The van der Waals surface area contributed by atoms with Crippen LogP contribution in [0.4, 0.5) is 5.69 Å². The van der Waals surface area contributed by atoms with Crippen molar-refractivity contribution in [1.82, 2.24) is 0 Å². The van der Waals surface area contributed by atoms with E-state index in [1.54, 1.807) is 18.2 Å². The molecule has 2 N–H and O–H groups in total. The van der Waals surface area contributed by atoms with Crippen molar-refractivity contribution in [3.63, 3.8) is 0 Å². The Morgan fingerprint density at radius 2 is 1.88 bits per heavy atom. The summed E-state index contributed by atoms with van der Waals surface area (Å²) in [5.41, 5.74) is 1.06. The van der Waals surface area contributed by atoms with Gasteiger partial charge in [0.15, 0.2) is 0 Å². The minimum atomic E-state index is -3.45. The molecule has 26 heavy (non-hydrogen) atoms. The number of anilines is 1. The summed E-state index contributed by atoms with van der Waals surface area (Å²) in [5, 5.41) is 12.7. The molecule has 1 aromatic heterocycles. The second-order valence-electron chi connectivity index (χ2n) is 6.84. The van der Waals surface area contributed by atoms with Crippen molar-refractivity contribution < 1.29 is 19.0 Å². The molecule has 1 aromatic carbocycles. The Bertz CT molecular complexity index is 914. The summed E-state index contributed by atoms with van der Waals surface area (Å²) in [6.07, 6.45) is 0. The number of benzene rings is 1. The lowest BCUT2D eigenvalue weighted by Gasteiger charge is -2.18. The highest BCUT2D eigenvalue weighted by Crippen LogP contribution is 2.46. The van der Waals surface area contributed by atoms with E-state index < -0.39 is 13.5 Å². The van der Waals surface area contributed by atoms with E-state index >= 15 is 0 Å². The van der Waals surface area contributed by atoms with Crippen LogP contribution in [-0.4, -0.2) is 18.2 Å². The highest BCUT2D eigenvalue weighted by molar-refractivity contribution is 7.68. The van der Waals surface area contributed by atoms with E-state index in [2.05, 4.69) is 16.9 Å². The minimum absolute atomic E-state index is 0.0487. The third-order valence-corrected chi connectivity index (χ3v) is 6.45. The van der Waals surface area contributed by atoms with E-state index in [0.29, 0.717) is 10.2 Å². The lowest BCUT2D eigenvalue weighted by Crippen LogP contribution is -2.14. The fourth-order valence-corrected chi connectivity index (χ4v) is 4.41. The molecule has 0 saturated heterocycles. The fraction of sp³-hybridized carbons (Fsp3) is 0.316. The van der Waals surface area contributed by atoms with Crippen molar-refractivity contribution in [2.45, 2.75) is 27.7 Å². The van der Waals surface area contributed by atoms with Crippen LogP contribution in [0, 0.1) is 24.2 Å². The molecule has 0 aliphatic carbocycles. The van der Waals surface area contributed by atoms with Gasteiger partial charge < -0.3 is 14.7 Å². The zero-order valence-corrected chi connectivity index (χ0v) is 17.1. The smallest absolute Gasteiger partial charge is 0.348 e. The first-order valence-electron chi connectivity index (χ1n) is 7.96. The van der Waals surface area contributed by atoms with Crippen LogP contribution in [0.15, 0.2) is 30.3 Å². The summed E-state index contributed by atoms with van der Waals surface area (Å²) in [4.78, 5) is 12.2. The molecular formula is C19H22NO4PS. The van der Waals surface area contributed by atoms with Gasteiger partial charge in [0.2, 0.25) is 0 Å². The number of aromatic carboxylic acids is 1. The Kier molecular flexibility index (Phi) is 5.98. The molecule has 0 spiro atoms. The number of nitrogens with one attached hydrogen (secondary N) is 1. The van der Waals surface area contributed by atoms with E-state index in [-0.39, 0.29) is 16.0 Å². The number of carboxylic acids is 1. The van der Waals surface area contributed by atoms with Crippen molar-refractivity contribution in [3.8, 4) is 11.8 Å². The SMILES string of the molecule is COP(=O)(Nc1cc(C#CC(C)(C)C)sc1C(=O)O)c1ccc(C)cc1. The maximum absolute atomic E-state index is 13.2. The van der Waals surface area contributed by atoms with Gasteiger partial charge in [-0.05, 0) is 45.9 Å². The Balaban J connectivity index is 2.44. The minimum Gasteiger partial charge on any atom is -0.477 e. The van der Waals surface area contributed by atoms with Gasteiger partial charge in [0, 0.05) is 12.5 Å². The van der Waals surface area contributed by atoms with Crippen LogP contribution in [0.5, 0.6) is 0 Å². The highest BCUT2D eigenvalue weighted by Gasteiger charge is 2.28. The van der Waals surface area contributed by atoms with Gasteiger partial charge in [0.05, 0.1) is 15.9 Å². The number of rotatable bonds is 5. The molecule has 0 amide bonds. The predicted octanol–water partition coefficient (Wildman–Crippen LogP) is 4.73. The molecule has 0 aliphatic heterocycles. The van der Waals surface area contributed by atoms with Crippen molar-refractivity contribution in [2.75, 3.05) is 12.2 Å². The summed E-state index contributed by atoms with van der Waals surface area (Å²) < 4.78 is 18.5. The van der Waals surface area contributed by atoms with Crippen LogP contribution in [0.25, 0.3) is 0 Å². The standard InChI is InChI=1S/C19H22NO4PS/c1-13-6-8-14(9-7-13)25(23,24-5)20-16-12-15(10-11-19(2,3)4)26-17(16)18(21)22/h6-9,12H,1-5H3,(H,20,23)(H,21,22). The van der Waals surface area contributed by atoms with E-state index in [1.807, 2.05) is 39.8 Å². The van der Waals surface area contributed by atoms with E-state index in [0.717, 1.165) is 16.9 Å². The lowest BCUT2D eigenvalue weighted by molar-refractivity contribution is 0.0703. The lowest BCUT2D eigenvalue weighted by atomic mass is 9.98. The van der Waals surface area contributed by atoms with Crippen molar-refractivity contribution in [1.29, 1.82) is 0 Å². The third kappa shape index (κ3) is 4.98. The van der Waals surface area contributed by atoms with Crippen LogP contribution in [0.2, 0.25) is 0 Å². The zero-order valence-electron chi connectivity index (χ0n) is 15.4. The molecule has 138 valence electrons. The zero-order chi connectivity index (χ0) is 19.5. The van der Waals surface area contributed by atoms with Crippen LogP contribution in [0.3, 0.4) is 0 Å². The second kappa shape index (κ2) is 7.67. The third-order valence-electron chi connectivity index (χ3n) is 3.39. The van der Waals surface area contributed by atoms with Crippen LogP contribution >= 0.6 is 18.9 Å². The first-order chi connectivity index (χ1) is 12.0. The Labute approximate surface area is 157 Å². The average molecular weight is 391 g/mol. The topological polar surface area (TPSA) is 75.6 Å². The van der Waals surface area contributed by atoms with Gasteiger partial charge in [-0.25, -0.2) is 4.79 Å². The highest BCUT2D eigenvalue weighted by atomic mass is 32.1. The van der Waals surface area contributed by atoms with Crippen molar-refractivity contribution in [2.24, 2.45) is 5.41 Å². The number of aryl methyl sites for hydroxylation is 1. The number of hydrogen-bond acceptors (Lipinski definition) is 4. The molecule has 2 rings (SSSR count). The van der Waals surface area contributed by atoms with Gasteiger partial charge in [-0.2, -0.15) is 0 Å². The Hall–Kier alpha value is -2.06. The Morgan fingerprint density at radius 1 is 1.27 bits per heavy atom. The molecule has 1 atom stereocenters. The van der Waals surface area contributed by atoms with Crippen LogP contribution in [-0.2, 0) is 9.09 Å². The monoisotopic (exact) mass is 391 g/mol. The summed E-state index contributed by atoms with van der Waals surface area (Å²) in [6.45, 7) is 7.85. The maximum atomic E-state index is 13.2. The maximum Gasteiger partial charge on any atom is 0.348 e. The first kappa shape index (κ1) is 20.3. The van der Waals surface area contributed by atoms with Gasteiger partial charge in [-0.1, -0.05) is 29.5 Å². The van der Waals surface area contributed by atoms with Gasteiger partial charge in [-0.15, -0.1) is 11.3 Å². The molecule has 0 radical (unpaired) electrons. The first-order valence-corrected chi connectivity index (χ1v) is 10.4. The van der Waals surface area contributed by atoms with Gasteiger partial charge in [0.25, 0.3) is 0 Å². The molecule has 0 fully saturated rings. The average Bonchev–Trinajstić information content (AvgIpc) is 2.95. The summed E-state index contributed by atoms with van der Waals surface area (Å²) in [6, 6.07) is 8.68. The number of carbonyl (C=O) groups is 1. The van der Waals surface area contributed by atoms with Gasteiger partial charge >= 0.3 is 13.5 Å². The van der Waals surface area contributed by atoms with Crippen molar-refractivity contribution >= 4 is 35.8 Å². The second-order valence-corrected chi connectivity index (χ2v) is 10.1. The predicted molar refractivity (Wildman–Crippen MR) is 107 cm³/mol. The normalized spacial score (nSPS) is 13.4.